The molecule has 7 nitrogen and oxygen atoms in total. The summed E-state index contributed by atoms with van der Waals surface area (Å²) in [5, 5.41) is 2.77. The van der Waals surface area contributed by atoms with Gasteiger partial charge in [-0.15, -0.1) is 23.1 Å². The SMILES string of the molecule is Cc1csc(-n2c(C)cc(C(=O)COC(=O)c3ccccc3SCC(=O)N3CCCC3)c2C)n1. The molecule has 0 spiro atoms. The highest BCUT2D eigenvalue weighted by atomic mass is 32.2. The summed E-state index contributed by atoms with van der Waals surface area (Å²) in [6.45, 7) is 6.96. The summed E-state index contributed by atoms with van der Waals surface area (Å²) in [7, 11) is 0. The first kappa shape index (κ1) is 24.2. The number of carbonyl (C=O) groups excluding carboxylic acids is 3. The van der Waals surface area contributed by atoms with Crippen molar-refractivity contribution in [3.05, 3.63) is 63.9 Å². The van der Waals surface area contributed by atoms with Gasteiger partial charge in [-0.25, -0.2) is 9.78 Å². The highest BCUT2D eigenvalue weighted by Gasteiger charge is 2.22. The van der Waals surface area contributed by atoms with Gasteiger partial charge in [0.15, 0.2) is 11.7 Å². The van der Waals surface area contributed by atoms with E-state index in [9.17, 15) is 14.4 Å². The molecule has 1 saturated heterocycles. The van der Waals surface area contributed by atoms with Crippen molar-refractivity contribution in [1.82, 2.24) is 14.5 Å². The van der Waals surface area contributed by atoms with Crippen molar-refractivity contribution in [2.24, 2.45) is 0 Å². The van der Waals surface area contributed by atoms with Gasteiger partial charge in [-0.05, 0) is 51.8 Å². The molecule has 0 aliphatic carbocycles. The molecule has 4 rings (SSSR count). The van der Waals surface area contributed by atoms with Crippen LogP contribution in [0.5, 0.6) is 0 Å². The average molecular weight is 498 g/mol. The van der Waals surface area contributed by atoms with E-state index in [1.165, 1.54) is 23.1 Å². The Bertz CT molecular complexity index is 1220. The molecule has 9 heteroatoms. The molecule has 0 unspecified atom stereocenters. The number of Topliss-reactive ketones (excluding diaryl/α,β-unsaturated/α-hetero) is 1. The van der Waals surface area contributed by atoms with Crippen LogP contribution in [0.2, 0.25) is 0 Å². The summed E-state index contributed by atoms with van der Waals surface area (Å²) in [6, 6.07) is 8.82. The first-order valence-corrected chi connectivity index (χ1v) is 13.0. The summed E-state index contributed by atoms with van der Waals surface area (Å²) >= 11 is 2.84. The fraction of sp³-hybridized carbons (Fsp3) is 0.360. The quantitative estimate of drug-likeness (QED) is 0.257. The van der Waals surface area contributed by atoms with Crippen LogP contribution in [0.1, 0.15) is 50.6 Å². The third kappa shape index (κ3) is 5.26. The van der Waals surface area contributed by atoms with Gasteiger partial charge in [0.1, 0.15) is 0 Å². The number of likely N-dealkylation sites (tertiary alicyclic amines) is 1. The van der Waals surface area contributed by atoms with Crippen LogP contribution in [-0.2, 0) is 9.53 Å². The zero-order valence-corrected chi connectivity index (χ0v) is 21.1. The van der Waals surface area contributed by atoms with E-state index in [1.54, 1.807) is 24.3 Å². The van der Waals surface area contributed by atoms with Crippen LogP contribution in [-0.4, -0.2) is 57.6 Å². The average Bonchev–Trinajstić information content (AvgIpc) is 3.57. The van der Waals surface area contributed by atoms with E-state index in [2.05, 4.69) is 4.98 Å². The van der Waals surface area contributed by atoms with Gasteiger partial charge in [-0.2, -0.15) is 0 Å². The molecule has 0 atom stereocenters. The van der Waals surface area contributed by atoms with Gasteiger partial charge in [0, 0.05) is 40.3 Å². The lowest BCUT2D eigenvalue weighted by Gasteiger charge is -2.15. The van der Waals surface area contributed by atoms with Gasteiger partial charge in [-0.1, -0.05) is 12.1 Å². The molecule has 1 aromatic carbocycles. The van der Waals surface area contributed by atoms with Gasteiger partial charge in [0.2, 0.25) is 11.7 Å². The summed E-state index contributed by atoms with van der Waals surface area (Å²) in [5.41, 5.74) is 3.46. The number of thiazole rings is 1. The Morgan fingerprint density at radius 2 is 1.82 bits per heavy atom. The lowest BCUT2D eigenvalue weighted by Crippen LogP contribution is -2.29. The number of nitrogens with zero attached hydrogens (tertiary/aromatic N) is 3. The molecular weight excluding hydrogens is 470 g/mol. The number of thioether (sulfide) groups is 1. The number of aryl methyl sites for hydroxylation is 2. The molecule has 1 aliphatic heterocycles. The second-order valence-corrected chi connectivity index (χ2v) is 10.1. The van der Waals surface area contributed by atoms with Crippen LogP contribution in [0.25, 0.3) is 5.13 Å². The van der Waals surface area contributed by atoms with Crippen molar-refractivity contribution >= 4 is 40.8 Å². The van der Waals surface area contributed by atoms with Crippen molar-refractivity contribution in [1.29, 1.82) is 0 Å². The Kier molecular flexibility index (Phi) is 7.53. The Morgan fingerprint density at radius 1 is 1.09 bits per heavy atom. The Labute approximate surface area is 207 Å². The third-order valence-corrected chi connectivity index (χ3v) is 7.78. The van der Waals surface area contributed by atoms with Gasteiger partial charge in [0.05, 0.1) is 17.0 Å². The van der Waals surface area contributed by atoms with Crippen LogP contribution in [0.3, 0.4) is 0 Å². The second kappa shape index (κ2) is 10.6. The minimum Gasteiger partial charge on any atom is -0.454 e. The van der Waals surface area contributed by atoms with Crippen molar-refractivity contribution in [2.75, 3.05) is 25.4 Å². The lowest BCUT2D eigenvalue weighted by atomic mass is 10.1. The maximum absolute atomic E-state index is 12.9. The van der Waals surface area contributed by atoms with E-state index in [4.69, 9.17) is 4.74 Å². The molecule has 1 aliphatic rings. The van der Waals surface area contributed by atoms with E-state index in [1.807, 2.05) is 41.7 Å². The minimum atomic E-state index is -0.575. The van der Waals surface area contributed by atoms with Crippen LogP contribution >= 0.6 is 23.1 Å². The summed E-state index contributed by atoms with van der Waals surface area (Å²) in [6.07, 6.45) is 2.08. The molecular formula is C25H27N3O4S2. The molecule has 1 fully saturated rings. The maximum atomic E-state index is 12.9. The topological polar surface area (TPSA) is 81.5 Å². The van der Waals surface area contributed by atoms with Crippen molar-refractivity contribution in [3.8, 4) is 5.13 Å². The van der Waals surface area contributed by atoms with Gasteiger partial charge in [-0.3, -0.25) is 14.2 Å². The first-order chi connectivity index (χ1) is 16.3. The number of esters is 1. The number of amides is 1. The van der Waals surface area contributed by atoms with Crippen LogP contribution in [0.15, 0.2) is 40.6 Å². The molecule has 3 heterocycles. The smallest absolute Gasteiger partial charge is 0.339 e. The fourth-order valence-corrected chi connectivity index (χ4v) is 5.88. The van der Waals surface area contributed by atoms with Gasteiger partial charge < -0.3 is 9.64 Å². The molecule has 0 N–H and O–H groups in total. The largest absolute Gasteiger partial charge is 0.454 e. The number of rotatable bonds is 8. The number of carbonyl (C=O) groups is 3. The third-order valence-electron chi connectivity index (χ3n) is 5.78. The Balaban J connectivity index is 1.40. The maximum Gasteiger partial charge on any atom is 0.339 e. The van der Waals surface area contributed by atoms with Gasteiger partial charge >= 0.3 is 5.97 Å². The van der Waals surface area contributed by atoms with Crippen molar-refractivity contribution in [3.63, 3.8) is 0 Å². The zero-order chi connectivity index (χ0) is 24.2. The second-order valence-electron chi connectivity index (χ2n) is 8.26. The summed E-state index contributed by atoms with van der Waals surface area (Å²) in [4.78, 5) is 45.1. The molecule has 0 radical (unpaired) electrons. The van der Waals surface area contributed by atoms with Crippen LogP contribution in [0.4, 0.5) is 0 Å². The number of aromatic nitrogens is 2. The standard InChI is InChI=1S/C25H27N3O4S2/c1-16-14-34-25(26-16)28-17(2)12-20(18(28)3)21(29)13-32-24(31)19-8-4-5-9-22(19)33-15-23(30)27-10-6-7-11-27/h4-5,8-9,12,14H,6-7,10-11,13,15H2,1-3H3. The molecule has 178 valence electrons. The van der Waals surface area contributed by atoms with Gasteiger partial charge in [0.25, 0.3) is 0 Å². The summed E-state index contributed by atoms with van der Waals surface area (Å²) < 4.78 is 7.33. The molecule has 0 bridgehead atoms. The van der Waals surface area contributed by atoms with E-state index in [0.29, 0.717) is 16.0 Å². The molecule has 2 aromatic heterocycles. The first-order valence-electron chi connectivity index (χ1n) is 11.2. The van der Waals surface area contributed by atoms with E-state index in [0.717, 1.165) is 48.1 Å². The summed E-state index contributed by atoms with van der Waals surface area (Å²) in [5.74, 6) is -0.498. The van der Waals surface area contributed by atoms with Crippen molar-refractivity contribution in [2.45, 2.75) is 38.5 Å². The predicted octanol–water partition coefficient (Wildman–Crippen LogP) is 4.61. The predicted molar refractivity (Wildman–Crippen MR) is 133 cm³/mol. The Hall–Kier alpha value is -2.91. The highest BCUT2D eigenvalue weighted by molar-refractivity contribution is 8.00. The number of hydrogen-bond donors (Lipinski definition) is 0. The Morgan fingerprint density at radius 3 is 2.53 bits per heavy atom. The normalized spacial score (nSPS) is 13.3. The fourth-order valence-electron chi connectivity index (χ4n) is 4.03. The highest BCUT2D eigenvalue weighted by Crippen LogP contribution is 2.26. The van der Waals surface area contributed by atoms with E-state index in [-0.39, 0.29) is 24.1 Å². The van der Waals surface area contributed by atoms with Crippen LogP contribution < -0.4 is 0 Å². The molecule has 1 amide bonds. The number of ketones is 1. The molecule has 0 saturated carbocycles. The molecule has 34 heavy (non-hydrogen) atoms. The number of ether oxygens (including phenoxy) is 1. The monoisotopic (exact) mass is 497 g/mol. The van der Waals surface area contributed by atoms with E-state index < -0.39 is 5.97 Å². The van der Waals surface area contributed by atoms with E-state index >= 15 is 0 Å². The number of benzene rings is 1. The zero-order valence-electron chi connectivity index (χ0n) is 19.5. The molecule has 3 aromatic rings. The van der Waals surface area contributed by atoms with Crippen LogP contribution in [0, 0.1) is 20.8 Å². The number of hydrogen-bond acceptors (Lipinski definition) is 7. The van der Waals surface area contributed by atoms with Crippen molar-refractivity contribution < 1.29 is 19.1 Å². The minimum absolute atomic E-state index is 0.0756. The lowest BCUT2D eigenvalue weighted by molar-refractivity contribution is -0.127.